The van der Waals surface area contributed by atoms with Gasteiger partial charge in [0.15, 0.2) is 0 Å². The van der Waals surface area contributed by atoms with E-state index >= 15 is 0 Å². The van der Waals surface area contributed by atoms with Gasteiger partial charge in [0.1, 0.15) is 11.5 Å². The molecule has 4 heterocycles. The Morgan fingerprint density at radius 3 is 2.64 bits per heavy atom. The minimum atomic E-state index is -0.0906. The molecule has 0 bridgehead atoms. The van der Waals surface area contributed by atoms with Gasteiger partial charge in [-0.1, -0.05) is 0 Å². The van der Waals surface area contributed by atoms with Crippen LogP contribution in [0.3, 0.4) is 0 Å². The van der Waals surface area contributed by atoms with Crippen molar-refractivity contribution in [1.82, 2.24) is 29.5 Å². The zero-order valence-corrected chi connectivity index (χ0v) is 16.6. The summed E-state index contributed by atoms with van der Waals surface area (Å²) in [5.41, 5.74) is 1.19. The first kappa shape index (κ1) is 18.9. The Bertz CT molecular complexity index is 896. The SMILES string of the molecule is CN1CCC(c2nc([C@@H]3CCCN(C(=O)c4ccn(C)n4)C3)cc(=O)[nH]2)CC1. The Morgan fingerprint density at radius 1 is 1.14 bits per heavy atom. The number of aromatic amines is 1. The van der Waals surface area contributed by atoms with Crippen molar-refractivity contribution in [3.8, 4) is 0 Å². The number of piperidine rings is 2. The van der Waals surface area contributed by atoms with E-state index in [0.29, 0.717) is 18.2 Å². The van der Waals surface area contributed by atoms with Gasteiger partial charge in [-0.05, 0) is 51.9 Å². The number of amides is 1. The molecule has 2 fully saturated rings. The monoisotopic (exact) mass is 384 g/mol. The number of H-pyrrole nitrogens is 1. The van der Waals surface area contributed by atoms with Gasteiger partial charge >= 0.3 is 0 Å². The molecule has 2 aliphatic rings. The van der Waals surface area contributed by atoms with Gasteiger partial charge in [-0.2, -0.15) is 5.10 Å². The topological polar surface area (TPSA) is 87.1 Å². The second-order valence-corrected chi connectivity index (χ2v) is 8.10. The standard InChI is InChI=1S/C20H28N6O2/c1-24-9-5-14(6-10-24)19-21-17(12-18(27)22-19)15-4-3-8-26(13-15)20(28)16-7-11-25(2)23-16/h7,11-12,14-15H,3-6,8-10,13H2,1-2H3,(H,21,22,27)/t15-/m1/s1. The minimum Gasteiger partial charge on any atom is -0.337 e. The first-order chi connectivity index (χ1) is 13.5. The second-order valence-electron chi connectivity index (χ2n) is 8.10. The number of nitrogens with zero attached hydrogens (tertiary/aromatic N) is 5. The van der Waals surface area contributed by atoms with Crippen LogP contribution in [0.2, 0.25) is 0 Å². The van der Waals surface area contributed by atoms with Gasteiger partial charge in [0.2, 0.25) is 0 Å². The van der Waals surface area contributed by atoms with E-state index in [2.05, 4.69) is 22.0 Å². The summed E-state index contributed by atoms with van der Waals surface area (Å²) >= 11 is 0. The van der Waals surface area contributed by atoms with E-state index in [4.69, 9.17) is 4.98 Å². The lowest BCUT2D eigenvalue weighted by Gasteiger charge is -2.32. The normalized spacial score (nSPS) is 21.8. The van der Waals surface area contributed by atoms with Crippen molar-refractivity contribution in [1.29, 1.82) is 0 Å². The van der Waals surface area contributed by atoms with Crippen LogP contribution in [0.4, 0.5) is 0 Å². The number of hydrogen-bond donors (Lipinski definition) is 1. The van der Waals surface area contributed by atoms with Gasteiger partial charge in [0.05, 0.1) is 5.69 Å². The van der Waals surface area contributed by atoms with Gasteiger partial charge in [-0.3, -0.25) is 14.3 Å². The van der Waals surface area contributed by atoms with Crippen LogP contribution < -0.4 is 5.56 Å². The Balaban J connectivity index is 1.52. The number of aromatic nitrogens is 4. The van der Waals surface area contributed by atoms with E-state index in [1.54, 1.807) is 30.1 Å². The van der Waals surface area contributed by atoms with E-state index in [-0.39, 0.29) is 17.4 Å². The van der Waals surface area contributed by atoms with Crippen LogP contribution in [0.5, 0.6) is 0 Å². The number of rotatable bonds is 3. The van der Waals surface area contributed by atoms with Crippen LogP contribution in [0.1, 0.15) is 59.5 Å². The van der Waals surface area contributed by atoms with E-state index in [1.807, 2.05) is 4.90 Å². The van der Waals surface area contributed by atoms with Gasteiger partial charge in [-0.25, -0.2) is 4.98 Å². The fourth-order valence-corrected chi connectivity index (χ4v) is 4.27. The fraction of sp³-hybridized carbons (Fsp3) is 0.600. The third kappa shape index (κ3) is 4.01. The first-order valence-corrected chi connectivity index (χ1v) is 10.1. The van der Waals surface area contributed by atoms with Crippen LogP contribution in [-0.4, -0.2) is 68.7 Å². The highest BCUT2D eigenvalue weighted by Crippen LogP contribution is 2.28. The molecule has 8 heteroatoms. The number of hydrogen-bond acceptors (Lipinski definition) is 5. The average molecular weight is 384 g/mol. The molecule has 0 aliphatic carbocycles. The van der Waals surface area contributed by atoms with Gasteiger partial charge in [0, 0.05) is 44.2 Å². The van der Waals surface area contributed by atoms with Crippen LogP contribution >= 0.6 is 0 Å². The summed E-state index contributed by atoms with van der Waals surface area (Å²) in [4.78, 5) is 37.0. The molecule has 0 unspecified atom stereocenters. The van der Waals surface area contributed by atoms with Crippen LogP contribution in [-0.2, 0) is 7.05 Å². The van der Waals surface area contributed by atoms with Gasteiger partial charge < -0.3 is 14.8 Å². The summed E-state index contributed by atoms with van der Waals surface area (Å²) in [6, 6.07) is 3.35. The molecule has 2 aromatic rings. The lowest BCUT2D eigenvalue weighted by molar-refractivity contribution is 0.0699. The molecule has 2 aliphatic heterocycles. The highest BCUT2D eigenvalue weighted by Gasteiger charge is 2.29. The molecule has 1 N–H and O–H groups in total. The fourth-order valence-electron chi connectivity index (χ4n) is 4.27. The molecule has 2 aromatic heterocycles. The number of nitrogens with one attached hydrogen (secondary N) is 1. The number of carbonyl (C=O) groups excluding carboxylic acids is 1. The summed E-state index contributed by atoms with van der Waals surface area (Å²) in [6.07, 6.45) is 5.65. The first-order valence-electron chi connectivity index (χ1n) is 10.1. The van der Waals surface area contributed by atoms with E-state index in [0.717, 1.165) is 56.8 Å². The average Bonchev–Trinajstić information content (AvgIpc) is 3.14. The molecule has 0 radical (unpaired) electrons. The Hall–Kier alpha value is -2.48. The molecule has 8 nitrogen and oxygen atoms in total. The maximum Gasteiger partial charge on any atom is 0.274 e. The Kier molecular flexibility index (Phi) is 5.30. The van der Waals surface area contributed by atoms with Crippen molar-refractivity contribution in [2.45, 2.75) is 37.5 Å². The van der Waals surface area contributed by atoms with E-state index < -0.39 is 0 Å². The molecular formula is C20H28N6O2. The zero-order valence-electron chi connectivity index (χ0n) is 16.6. The minimum absolute atomic E-state index is 0.0503. The predicted octanol–water partition coefficient (Wildman–Crippen LogP) is 1.33. The van der Waals surface area contributed by atoms with Crippen molar-refractivity contribution < 1.29 is 4.79 Å². The summed E-state index contributed by atoms with van der Waals surface area (Å²) in [5, 5.41) is 4.23. The molecule has 1 amide bonds. The van der Waals surface area contributed by atoms with Crippen molar-refractivity contribution >= 4 is 5.91 Å². The summed E-state index contributed by atoms with van der Waals surface area (Å²) in [5.74, 6) is 1.15. The lowest BCUT2D eigenvalue weighted by Crippen LogP contribution is -2.40. The molecule has 28 heavy (non-hydrogen) atoms. The van der Waals surface area contributed by atoms with E-state index in [1.165, 1.54) is 0 Å². The third-order valence-electron chi connectivity index (χ3n) is 5.94. The maximum absolute atomic E-state index is 12.8. The second kappa shape index (κ2) is 7.87. The summed E-state index contributed by atoms with van der Waals surface area (Å²) in [6.45, 7) is 3.35. The lowest BCUT2D eigenvalue weighted by atomic mass is 9.93. The largest absolute Gasteiger partial charge is 0.337 e. The quantitative estimate of drug-likeness (QED) is 0.863. The highest BCUT2D eigenvalue weighted by molar-refractivity contribution is 5.92. The van der Waals surface area contributed by atoms with Crippen molar-refractivity contribution in [3.63, 3.8) is 0 Å². The molecular weight excluding hydrogens is 356 g/mol. The Morgan fingerprint density at radius 2 is 1.93 bits per heavy atom. The maximum atomic E-state index is 12.8. The zero-order chi connectivity index (χ0) is 19.7. The molecule has 0 spiro atoms. The molecule has 1 atom stereocenters. The van der Waals surface area contributed by atoms with Crippen LogP contribution in [0.25, 0.3) is 0 Å². The summed E-state index contributed by atoms with van der Waals surface area (Å²) in [7, 11) is 3.93. The van der Waals surface area contributed by atoms with Crippen molar-refractivity contribution in [3.05, 3.63) is 45.9 Å². The smallest absolute Gasteiger partial charge is 0.274 e. The third-order valence-corrected chi connectivity index (χ3v) is 5.94. The molecule has 0 aromatic carbocycles. The number of aryl methyl sites for hydroxylation is 1. The molecule has 0 saturated carbocycles. The summed E-state index contributed by atoms with van der Waals surface area (Å²) < 4.78 is 1.64. The van der Waals surface area contributed by atoms with Crippen molar-refractivity contribution in [2.75, 3.05) is 33.2 Å². The molecule has 2 saturated heterocycles. The van der Waals surface area contributed by atoms with Gasteiger partial charge in [0.25, 0.3) is 11.5 Å². The Labute approximate surface area is 164 Å². The van der Waals surface area contributed by atoms with Crippen LogP contribution in [0.15, 0.2) is 23.1 Å². The molecule has 4 rings (SSSR count). The van der Waals surface area contributed by atoms with E-state index in [9.17, 15) is 9.59 Å². The predicted molar refractivity (Wildman–Crippen MR) is 105 cm³/mol. The van der Waals surface area contributed by atoms with Crippen molar-refractivity contribution in [2.24, 2.45) is 7.05 Å². The molecule has 150 valence electrons. The number of carbonyl (C=O) groups is 1. The van der Waals surface area contributed by atoms with Gasteiger partial charge in [-0.15, -0.1) is 0 Å². The highest BCUT2D eigenvalue weighted by atomic mass is 16.2. The number of likely N-dealkylation sites (tertiary alicyclic amines) is 2. The van der Waals surface area contributed by atoms with Crippen LogP contribution in [0, 0.1) is 0 Å².